The molecule has 19 heteroatoms. The summed E-state index contributed by atoms with van der Waals surface area (Å²) in [6.07, 6.45) is 67.2. The number of hydrogen-bond acceptors (Lipinski definition) is 15. The summed E-state index contributed by atoms with van der Waals surface area (Å²) in [5, 5.41) is 10.6. The molecule has 2 unspecified atom stereocenters. The van der Waals surface area contributed by atoms with Gasteiger partial charge in [-0.3, -0.25) is 37.3 Å². The number of esters is 4. The first-order chi connectivity index (χ1) is 47.7. The molecule has 0 aliphatic carbocycles. The van der Waals surface area contributed by atoms with Crippen LogP contribution in [0.15, 0.2) is 24.3 Å². The van der Waals surface area contributed by atoms with Crippen LogP contribution < -0.4 is 0 Å². The van der Waals surface area contributed by atoms with Crippen molar-refractivity contribution in [3.63, 3.8) is 0 Å². The Morgan fingerprint density at radius 1 is 0.286 bits per heavy atom. The topological polar surface area (TPSA) is 237 Å². The van der Waals surface area contributed by atoms with Gasteiger partial charge in [0.1, 0.15) is 19.3 Å². The van der Waals surface area contributed by atoms with Crippen molar-refractivity contribution in [2.45, 2.75) is 418 Å². The molecule has 0 bridgehead atoms. The van der Waals surface area contributed by atoms with Gasteiger partial charge < -0.3 is 33.8 Å². The molecule has 0 spiro atoms. The van der Waals surface area contributed by atoms with E-state index in [1.54, 1.807) is 0 Å². The van der Waals surface area contributed by atoms with Crippen LogP contribution >= 0.6 is 15.6 Å². The quantitative estimate of drug-likeness (QED) is 0.0169. The van der Waals surface area contributed by atoms with Crippen LogP contribution in [0.3, 0.4) is 0 Å². The highest BCUT2D eigenvalue weighted by Gasteiger charge is 2.30. The lowest BCUT2D eigenvalue weighted by molar-refractivity contribution is -0.161. The standard InChI is InChI=1S/C79H150O17P2/c1-5-9-13-17-21-25-29-33-35-36-38-42-46-50-54-58-62-66-79(84)96-75(70-90-77(82)64-60-56-52-48-44-41-37-34-30-26-22-18-14-10-6-2)72-94-98(87,88)92-68-73(80)67-91-97(85,86)93-71-74(95-78(83)65-61-57-53-49-45-40-32-28-24-20-16-12-8-4)69-89-76(81)63-59-55-51-47-43-39-31-27-23-19-15-11-7-3/h26,30,34,37,73-75,80H,5-25,27-29,31-33,35-36,38-72H2,1-4H3,(H,85,86)(H,87,88)/b30-26-,37-34-/t73-,74+,75+/m0/s1. The number of carbonyl (C=O) groups is 4. The number of aliphatic hydroxyl groups is 1. The Labute approximate surface area is 599 Å². The summed E-state index contributed by atoms with van der Waals surface area (Å²) in [4.78, 5) is 72.9. The van der Waals surface area contributed by atoms with Gasteiger partial charge in [-0.05, 0) is 51.4 Å². The maximum Gasteiger partial charge on any atom is 0.472 e. The van der Waals surface area contributed by atoms with E-state index in [0.29, 0.717) is 25.7 Å². The lowest BCUT2D eigenvalue weighted by Crippen LogP contribution is -2.30. The molecule has 0 aliphatic heterocycles. The van der Waals surface area contributed by atoms with Gasteiger partial charge in [0.05, 0.1) is 26.4 Å². The molecule has 0 radical (unpaired) electrons. The molecule has 0 amide bonds. The molecule has 0 saturated heterocycles. The van der Waals surface area contributed by atoms with Crippen LogP contribution in [0.4, 0.5) is 0 Å². The summed E-state index contributed by atoms with van der Waals surface area (Å²) in [6, 6.07) is 0. The van der Waals surface area contributed by atoms with Crippen LogP contribution in [-0.2, 0) is 65.4 Å². The van der Waals surface area contributed by atoms with Crippen LogP contribution in [0.2, 0.25) is 0 Å². The summed E-state index contributed by atoms with van der Waals surface area (Å²) in [6.45, 7) is 4.95. The minimum Gasteiger partial charge on any atom is -0.462 e. The number of unbranched alkanes of at least 4 members (excludes halogenated alkanes) is 49. The largest absolute Gasteiger partial charge is 0.472 e. The Balaban J connectivity index is 5.29. The van der Waals surface area contributed by atoms with Crippen molar-refractivity contribution in [1.82, 2.24) is 0 Å². The van der Waals surface area contributed by atoms with E-state index in [2.05, 4.69) is 52.0 Å². The van der Waals surface area contributed by atoms with Crippen molar-refractivity contribution in [3.05, 3.63) is 24.3 Å². The summed E-state index contributed by atoms with van der Waals surface area (Å²) in [5.41, 5.74) is 0. The Morgan fingerprint density at radius 3 is 0.745 bits per heavy atom. The van der Waals surface area contributed by atoms with Gasteiger partial charge in [-0.15, -0.1) is 0 Å². The third-order valence-electron chi connectivity index (χ3n) is 18.0. The van der Waals surface area contributed by atoms with Gasteiger partial charge in [-0.1, -0.05) is 347 Å². The molecular weight excluding hydrogens is 1280 g/mol. The molecule has 0 saturated carbocycles. The Hall–Kier alpha value is -2.46. The molecule has 0 heterocycles. The maximum atomic E-state index is 13.1. The van der Waals surface area contributed by atoms with Gasteiger partial charge >= 0.3 is 39.5 Å². The Morgan fingerprint density at radius 2 is 0.490 bits per heavy atom. The first kappa shape index (κ1) is 95.5. The van der Waals surface area contributed by atoms with Crippen molar-refractivity contribution in [1.29, 1.82) is 0 Å². The molecule has 5 atom stereocenters. The molecule has 0 rings (SSSR count). The number of phosphoric ester groups is 2. The van der Waals surface area contributed by atoms with Gasteiger partial charge in [-0.25, -0.2) is 9.13 Å². The Bertz CT molecular complexity index is 1950. The van der Waals surface area contributed by atoms with Gasteiger partial charge in [0.2, 0.25) is 0 Å². The lowest BCUT2D eigenvalue weighted by Gasteiger charge is -2.21. The van der Waals surface area contributed by atoms with Crippen molar-refractivity contribution in [3.8, 4) is 0 Å². The third kappa shape index (κ3) is 71.9. The predicted octanol–water partition coefficient (Wildman–Crippen LogP) is 23.3. The highest BCUT2D eigenvalue weighted by atomic mass is 31.2. The highest BCUT2D eigenvalue weighted by molar-refractivity contribution is 7.47. The van der Waals surface area contributed by atoms with Gasteiger partial charge in [0.25, 0.3) is 0 Å². The molecule has 0 aromatic rings. The first-order valence-electron chi connectivity index (χ1n) is 40.6. The van der Waals surface area contributed by atoms with Crippen molar-refractivity contribution >= 4 is 39.5 Å². The summed E-state index contributed by atoms with van der Waals surface area (Å²) < 4.78 is 68.6. The average molecular weight is 1430 g/mol. The number of aliphatic hydroxyl groups excluding tert-OH is 1. The van der Waals surface area contributed by atoms with Crippen LogP contribution in [-0.4, -0.2) is 96.7 Å². The van der Waals surface area contributed by atoms with Gasteiger partial charge in [0, 0.05) is 25.7 Å². The molecule has 0 aromatic heterocycles. The van der Waals surface area contributed by atoms with Crippen molar-refractivity contribution in [2.24, 2.45) is 0 Å². The highest BCUT2D eigenvalue weighted by Crippen LogP contribution is 2.45. The van der Waals surface area contributed by atoms with Crippen LogP contribution in [0, 0.1) is 0 Å². The minimum atomic E-state index is -4.97. The Kier molecular flexibility index (Phi) is 71.0. The fourth-order valence-corrected chi connectivity index (χ4v) is 13.3. The summed E-state index contributed by atoms with van der Waals surface area (Å²) in [7, 11) is -9.93. The minimum absolute atomic E-state index is 0.102. The second-order valence-electron chi connectivity index (χ2n) is 27.8. The third-order valence-corrected chi connectivity index (χ3v) is 19.9. The van der Waals surface area contributed by atoms with Crippen LogP contribution in [0.5, 0.6) is 0 Å². The smallest absolute Gasteiger partial charge is 0.462 e. The van der Waals surface area contributed by atoms with E-state index in [-0.39, 0.29) is 25.7 Å². The number of ether oxygens (including phenoxy) is 4. The molecule has 0 fully saturated rings. The van der Waals surface area contributed by atoms with E-state index >= 15 is 0 Å². The lowest BCUT2D eigenvalue weighted by atomic mass is 10.0. The number of carbonyl (C=O) groups excluding carboxylic acids is 4. The SMILES string of the molecule is CCCCCC/C=C\C=C/CCCCCCCC(=O)OC[C@H](COP(=O)(O)OC[C@@H](O)COP(=O)(O)OC[C@@H](COC(=O)CCCCCCCCCCCCCCC)OC(=O)CCCCCCCCCCCCCCC)OC(=O)CCCCCCCCCCCCCCCCCCC. The molecule has 3 N–H and O–H groups in total. The molecule has 17 nitrogen and oxygen atoms in total. The van der Waals surface area contributed by atoms with Gasteiger partial charge in [0.15, 0.2) is 12.2 Å². The zero-order valence-electron chi connectivity index (χ0n) is 63.2. The van der Waals surface area contributed by atoms with E-state index < -0.39 is 97.5 Å². The van der Waals surface area contributed by atoms with Crippen molar-refractivity contribution < 1.29 is 80.2 Å². The van der Waals surface area contributed by atoms with E-state index in [9.17, 15) is 43.2 Å². The van der Waals surface area contributed by atoms with E-state index in [0.717, 1.165) is 109 Å². The van der Waals surface area contributed by atoms with E-state index in [1.807, 2.05) is 0 Å². The second-order valence-corrected chi connectivity index (χ2v) is 30.7. The normalized spacial score (nSPS) is 14.0. The predicted molar refractivity (Wildman–Crippen MR) is 400 cm³/mol. The fraction of sp³-hybridized carbons (Fsp3) is 0.899. The van der Waals surface area contributed by atoms with Crippen molar-refractivity contribution in [2.75, 3.05) is 39.6 Å². The maximum absolute atomic E-state index is 13.1. The molecular formula is C79H150O17P2. The zero-order chi connectivity index (χ0) is 71.8. The number of allylic oxidation sites excluding steroid dienone is 4. The molecule has 98 heavy (non-hydrogen) atoms. The summed E-state index contributed by atoms with van der Waals surface area (Å²) >= 11 is 0. The van der Waals surface area contributed by atoms with Crippen LogP contribution in [0.1, 0.15) is 400 Å². The average Bonchev–Trinajstić information content (AvgIpc) is 1.14. The number of hydrogen-bond donors (Lipinski definition) is 3. The zero-order valence-corrected chi connectivity index (χ0v) is 65.0. The summed E-state index contributed by atoms with van der Waals surface area (Å²) in [5.74, 6) is -2.14. The van der Waals surface area contributed by atoms with E-state index in [4.69, 9.17) is 37.0 Å². The van der Waals surface area contributed by atoms with Gasteiger partial charge in [-0.2, -0.15) is 0 Å². The number of rotatable bonds is 78. The van der Waals surface area contributed by atoms with Crippen LogP contribution in [0.25, 0.3) is 0 Å². The first-order valence-corrected chi connectivity index (χ1v) is 43.6. The fourth-order valence-electron chi connectivity index (χ4n) is 11.7. The molecule has 0 aromatic carbocycles. The van der Waals surface area contributed by atoms with E-state index in [1.165, 1.54) is 212 Å². The monoisotopic (exact) mass is 1430 g/mol. The number of phosphoric acid groups is 2. The second kappa shape index (κ2) is 72.9. The molecule has 0 aliphatic rings. The molecule has 578 valence electrons.